The molecule has 3 atom stereocenters. The van der Waals surface area contributed by atoms with Gasteiger partial charge in [-0.2, -0.15) is 0 Å². The van der Waals surface area contributed by atoms with Crippen molar-refractivity contribution >= 4 is 17.8 Å². The average Bonchev–Trinajstić information content (AvgIpc) is 3.35. The molecule has 0 aliphatic rings. The zero-order valence-electron chi connectivity index (χ0n) is 46.9. The molecule has 0 rings (SSSR count). The van der Waals surface area contributed by atoms with Crippen LogP contribution in [0.4, 0.5) is 0 Å². The van der Waals surface area contributed by atoms with Crippen molar-refractivity contribution in [1.82, 2.24) is 5.32 Å². The number of unbranched alkanes of at least 4 members (excludes halogenated alkanes) is 32. The quantitative estimate of drug-likeness (QED) is 0.0479. The second-order valence-corrected chi connectivity index (χ2v) is 21.1. The first-order valence-electron chi connectivity index (χ1n) is 30.7. The highest BCUT2D eigenvalue weighted by Gasteiger charge is 2.24. The van der Waals surface area contributed by atoms with Gasteiger partial charge in [0.2, 0.25) is 5.91 Å². The minimum atomic E-state index is -0.902. The molecule has 0 aromatic heterocycles. The Labute approximate surface area is 429 Å². The van der Waals surface area contributed by atoms with Crippen molar-refractivity contribution in [2.75, 3.05) is 39.6 Å². The van der Waals surface area contributed by atoms with Gasteiger partial charge in [0, 0.05) is 26.1 Å². The van der Waals surface area contributed by atoms with Gasteiger partial charge in [0.1, 0.15) is 19.3 Å². The van der Waals surface area contributed by atoms with Crippen LogP contribution in [0.3, 0.4) is 0 Å². The first-order valence-corrected chi connectivity index (χ1v) is 30.7. The molecule has 0 aromatic carbocycles. The number of esters is 2. The van der Waals surface area contributed by atoms with E-state index in [1.165, 1.54) is 244 Å². The molecule has 2 unspecified atom stereocenters. The Morgan fingerprint density at radius 2 is 0.638 bits per heavy atom. The molecule has 8 heteroatoms. The third-order valence-corrected chi connectivity index (χ3v) is 14.3. The highest BCUT2D eigenvalue weighted by atomic mass is 16.6. The van der Waals surface area contributed by atoms with Crippen LogP contribution in [0.1, 0.15) is 317 Å². The highest BCUT2D eigenvalue weighted by molar-refractivity contribution is 5.85. The molecule has 0 fully saturated rings. The van der Waals surface area contributed by atoms with Crippen LogP contribution < -0.4 is 5.32 Å². The van der Waals surface area contributed by atoms with E-state index in [9.17, 15) is 14.4 Å². The number of ether oxygens (including phenoxy) is 4. The molecule has 0 aromatic rings. The summed E-state index contributed by atoms with van der Waals surface area (Å²) >= 11 is 0. The minimum absolute atomic E-state index is 0.0204. The van der Waals surface area contributed by atoms with Gasteiger partial charge in [-0.05, 0) is 50.4 Å². The number of hydrogen-bond acceptors (Lipinski definition) is 7. The third kappa shape index (κ3) is 49.7. The normalized spacial score (nSPS) is 12.8. The molecule has 0 aliphatic heterocycles. The first kappa shape index (κ1) is 67.3. The molecule has 0 radical (unpaired) electrons. The lowest BCUT2D eigenvalue weighted by atomic mass is 9.94. The summed E-state index contributed by atoms with van der Waals surface area (Å²) in [5.41, 5.74) is 0. The fourth-order valence-electron chi connectivity index (χ4n) is 9.64. The predicted molar refractivity (Wildman–Crippen MR) is 294 cm³/mol. The molecule has 0 bridgehead atoms. The molecule has 410 valence electrons. The number of hydrogen-bond donors (Lipinski definition) is 1. The van der Waals surface area contributed by atoms with Crippen molar-refractivity contribution in [2.24, 2.45) is 11.8 Å². The maximum absolute atomic E-state index is 13.5. The van der Waals surface area contributed by atoms with E-state index in [2.05, 4.69) is 39.9 Å². The van der Waals surface area contributed by atoms with Crippen molar-refractivity contribution in [3.63, 3.8) is 0 Å². The van der Waals surface area contributed by atoms with Crippen LogP contribution in [0.25, 0.3) is 0 Å². The van der Waals surface area contributed by atoms with E-state index in [1.807, 2.05) is 0 Å². The maximum Gasteiger partial charge on any atom is 0.328 e. The summed E-state index contributed by atoms with van der Waals surface area (Å²) in [7, 11) is 0. The number of carbonyl (C=O) groups is 3. The largest absolute Gasteiger partial charge is 0.463 e. The zero-order valence-corrected chi connectivity index (χ0v) is 46.9. The first-order chi connectivity index (χ1) is 33.9. The van der Waals surface area contributed by atoms with Crippen LogP contribution in [0, 0.1) is 11.8 Å². The van der Waals surface area contributed by atoms with E-state index in [1.54, 1.807) is 0 Å². The molecule has 0 saturated carbocycles. The Bertz CT molecular complexity index is 1070. The number of nitrogens with one attached hydrogen (secondary N) is 1. The Kier molecular flexibility index (Phi) is 54.3. The lowest BCUT2D eigenvalue weighted by Crippen LogP contribution is -2.42. The molecule has 0 heterocycles. The van der Waals surface area contributed by atoms with Crippen molar-refractivity contribution in [3.05, 3.63) is 0 Å². The van der Waals surface area contributed by atoms with Gasteiger partial charge in [-0.3, -0.25) is 9.59 Å². The molecule has 0 spiro atoms. The van der Waals surface area contributed by atoms with Gasteiger partial charge in [0.25, 0.3) is 0 Å². The molecular weight excluding hydrogens is 859 g/mol. The van der Waals surface area contributed by atoms with Gasteiger partial charge in [0.15, 0.2) is 0 Å². The fraction of sp³-hybridized carbons (Fsp3) is 0.951. The second-order valence-electron chi connectivity index (χ2n) is 21.1. The van der Waals surface area contributed by atoms with Crippen LogP contribution in [-0.4, -0.2) is 63.5 Å². The van der Waals surface area contributed by atoms with E-state index < -0.39 is 12.0 Å². The maximum atomic E-state index is 13.5. The Morgan fingerprint density at radius 1 is 0.333 bits per heavy atom. The summed E-state index contributed by atoms with van der Waals surface area (Å²) in [5.74, 6) is 0.0187. The zero-order chi connectivity index (χ0) is 50.4. The summed E-state index contributed by atoms with van der Waals surface area (Å²) in [5, 5.41) is 2.91. The molecule has 1 N–H and O–H groups in total. The smallest absolute Gasteiger partial charge is 0.328 e. The van der Waals surface area contributed by atoms with E-state index in [4.69, 9.17) is 18.9 Å². The van der Waals surface area contributed by atoms with E-state index in [0.717, 1.165) is 19.3 Å². The van der Waals surface area contributed by atoms with Gasteiger partial charge in [-0.25, -0.2) is 4.79 Å². The van der Waals surface area contributed by atoms with E-state index in [-0.39, 0.29) is 37.9 Å². The molecule has 69 heavy (non-hydrogen) atoms. The molecule has 8 nitrogen and oxygen atoms in total. The summed E-state index contributed by atoms with van der Waals surface area (Å²) in [6.45, 7) is 13.7. The van der Waals surface area contributed by atoms with Crippen LogP contribution in [-0.2, 0) is 33.3 Å². The van der Waals surface area contributed by atoms with Gasteiger partial charge >= 0.3 is 11.9 Å². The van der Waals surface area contributed by atoms with Crippen molar-refractivity contribution < 1.29 is 33.3 Å². The number of rotatable bonds is 57. The van der Waals surface area contributed by atoms with Gasteiger partial charge in [-0.1, -0.05) is 266 Å². The summed E-state index contributed by atoms with van der Waals surface area (Å²) < 4.78 is 23.5. The van der Waals surface area contributed by atoms with Crippen LogP contribution in [0.2, 0.25) is 0 Å². The van der Waals surface area contributed by atoms with Crippen LogP contribution in [0.15, 0.2) is 0 Å². The lowest BCUT2D eigenvalue weighted by Gasteiger charge is -2.19. The van der Waals surface area contributed by atoms with Gasteiger partial charge in [-0.15, -0.1) is 0 Å². The van der Waals surface area contributed by atoms with E-state index >= 15 is 0 Å². The van der Waals surface area contributed by atoms with Crippen LogP contribution in [0.5, 0.6) is 0 Å². The SMILES string of the molecule is CCCCCCCCCCCC(=O)N[C@@H](CCC(=O)OCCOCC(CCCCCCCC)CCCCCCCCCC)C(=O)OCCOCC(CCCCCCCC)CCCCCCCCCC. The molecule has 0 saturated heterocycles. The molecular formula is C61H119NO7. The fourth-order valence-corrected chi connectivity index (χ4v) is 9.64. The Balaban J connectivity index is 5.07. The van der Waals surface area contributed by atoms with Crippen molar-refractivity contribution in [3.8, 4) is 0 Å². The van der Waals surface area contributed by atoms with Crippen molar-refractivity contribution in [2.45, 2.75) is 323 Å². The lowest BCUT2D eigenvalue weighted by molar-refractivity contribution is -0.151. The topological polar surface area (TPSA) is 100 Å². The van der Waals surface area contributed by atoms with E-state index in [0.29, 0.717) is 44.7 Å². The number of amides is 1. The second kappa shape index (κ2) is 55.6. The van der Waals surface area contributed by atoms with Crippen LogP contribution >= 0.6 is 0 Å². The molecule has 1 amide bonds. The predicted octanol–water partition coefficient (Wildman–Crippen LogP) is 18.1. The summed E-state index contributed by atoms with van der Waals surface area (Å²) in [6, 6.07) is -0.902. The highest BCUT2D eigenvalue weighted by Crippen LogP contribution is 2.22. The summed E-state index contributed by atoms with van der Waals surface area (Å²) in [6.07, 6.45) is 52.7. The standard InChI is InChI=1S/C61H119NO7/c1-6-11-16-21-26-29-32-37-42-47-59(63)62-58(61(65)69-53-51-67-55-57(44-39-34-25-20-15-10-5)46-41-36-31-28-23-18-13-8-3)48-49-60(64)68-52-50-66-54-56(43-38-33-24-19-14-9-4)45-40-35-30-27-22-17-12-7-2/h56-58H,6-55H2,1-5H3,(H,62,63)/t56?,57?,58-/m0/s1. The minimum Gasteiger partial charge on any atom is -0.463 e. The van der Waals surface area contributed by atoms with Gasteiger partial charge in [0.05, 0.1) is 13.2 Å². The molecule has 0 aliphatic carbocycles. The van der Waals surface area contributed by atoms with Crippen molar-refractivity contribution in [1.29, 1.82) is 0 Å². The average molecular weight is 979 g/mol. The van der Waals surface area contributed by atoms with Gasteiger partial charge < -0.3 is 24.3 Å². The Hall–Kier alpha value is -1.67. The monoisotopic (exact) mass is 978 g/mol. The summed E-state index contributed by atoms with van der Waals surface area (Å²) in [4.78, 5) is 39.5. The Morgan fingerprint density at radius 3 is 0.986 bits per heavy atom. The third-order valence-electron chi connectivity index (χ3n) is 14.3. The number of carbonyl (C=O) groups excluding carboxylic acids is 3.